The summed E-state index contributed by atoms with van der Waals surface area (Å²) >= 11 is 12.1. The molecule has 1 aliphatic heterocycles. The van der Waals surface area contributed by atoms with Gasteiger partial charge in [0.2, 0.25) is 5.91 Å². The number of piperazine rings is 1. The average molecular weight is 404 g/mol. The summed E-state index contributed by atoms with van der Waals surface area (Å²) in [5.41, 5.74) is 2.79. The van der Waals surface area contributed by atoms with Crippen LogP contribution in [0.25, 0.3) is 0 Å². The quantitative estimate of drug-likeness (QED) is 0.822. The van der Waals surface area contributed by atoms with Crippen LogP contribution in [0.15, 0.2) is 42.5 Å². The van der Waals surface area contributed by atoms with Crippen LogP contribution in [-0.4, -0.2) is 37.0 Å². The number of amides is 1. The molecule has 1 amide bonds. The SMILES string of the molecule is O=C(NCc1ccc(Cl)c(Cl)c1)[C@]1(N2CCNCC2)CCc2ccccc21. The minimum atomic E-state index is -0.588. The van der Waals surface area contributed by atoms with Gasteiger partial charge in [-0.1, -0.05) is 53.5 Å². The summed E-state index contributed by atoms with van der Waals surface area (Å²) in [6.45, 7) is 3.99. The third-order valence-electron chi connectivity index (χ3n) is 5.69. The van der Waals surface area contributed by atoms with E-state index in [1.165, 1.54) is 5.56 Å². The first-order valence-corrected chi connectivity index (χ1v) is 10.1. The normalized spacial score (nSPS) is 22.4. The standard InChI is InChI=1S/C21H23Cl2N3O/c22-18-6-5-15(13-19(18)23)14-25-20(27)21(26-11-9-24-10-12-26)8-7-16-3-1-2-4-17(16)21/h1-6,13,24H,7-12,14H2,(H,25,27)/t21-/m0/s1. The predicted octanol–water partition coefficient (Wildman–Crippen LogP) is 3.36. The monoisotopic (exact) mass is 403 g/mol. The van der Waals surface area contributed by atoms with Crippen molar-refractivity contribution < 1.29 is 4.79 Å². The molecule has 2 aliphatic rings. The zero-order valence-corrected chi connectivity index (χ0v) is 16.6. The van der Waals surface area contributed by atoms with Crippen molar-refractivity contribution in [3.05, 3.63) is 69.2 Å². The molecule has 0 saturated carbocycles. The minimum Gasteiger partial charge on any atom is -0.350 e. The van der Waals surface area contributed by atoms with Crippen LogP contribution in [0.1, 0.15) is 23.1 Å². The Labute approximate surface area is 169 Å². The van der Waals surface area contributed by atoms with E-state index in [1.807, 2.05) is 18.2 Å². The summed E-state index contributed by atoms with van der Waals surface area (Å²) in [6, 6.07) is 13.8. The summed E-state index contributed by atoms with van der Waals surface area (Å²) in [6.07, 6.45) is 1.75. The second-order valence-corrected chi connectivity index (χ2v) is 8.00. The molecule has 6 heteroatoms. The molecule has 2 aromatic carbocycles. The molecule has 4 rings (SSSR count). The van der Waals surface area contributed by atoms with Crippen LogP contribution in [0.5, 0.6) is 0 Å². The molecule has 27 heavy (non-hydrogen) atoms. The molecular formula is C21H23Cl2N3O. The lowest BCUT2D eigenvalue weighted by atomic mass is 9.87. The van der Waals surface area contributed by atoms with Crippen molar-refractivity contribution in [3.63, 3.8) is 0 Å². The summed E-state index contributed by atoms with van der Waals surface area (Å²) in [4.78, 5) is 15.9. The van der Waals surface area contributed by atoms with Crippen molar-refractivity contribution in [1.82, 2.24) is 15.5 Å². The topological polar surface area (TPSA) is 44.4 Å². The number of aryl methyl sites for hydroxylation is 1. The molecule has 4 nitrogen and oxygen atoms in total. The maximum absolute atomic E-state index is 13.5. The van der Waals surface area contributed by atoms with E-state index in [0.717, 1.165) is 50.1 Å². The Kier molecular flexibility index (Phi) is 5.42. The lowest BCUT2D eigenvalue weighted by Gasteiger charge is -2.43. The number of benzene rings is 2. The molecule has 1 heterocycles. The van der Waals surface area contributed by atoms with Gasteiger partial charge in [-0.25, -0.2) is 0 Å². The van der Waals surface area contributed by atoms with Crippen LogP contribution in [0.3, 0.4) is 0 Å². The molecule has 2 aromatic rings. The zero-order chi connectivity index (χ0) is 18.9. The number of nitrogens with one attached hydrogen (secondary N) is 2. The van der Waals surface area contributed by atoms with E-state index >= 15 is 0 Å². The second kappa shape index (κ2) is 7.80. The van der Waals surface area contributed by atoms with Gasteiger partial charge in [0.25, 0.3) is 0 Å². The van der Waals surface area contributed by atoms with E-state index in [1.54, 1.807) is 6.07 Å². The summed E-state index contributed by atoms with van der Waals surface area (Å²) in [7, 11) is 0. The number of nitrogens with zero attached hydrogens (tertiary/aromatic N) is 1. The maximum atomic E-state index is 13.5. The lowest BCUT2D eigenvalue weighted by molar-refractivity contribution is -0.135. The van der Waals surface area contributed by atoms with E-state index in [-0.39, 0.29) is 5.91 Å². The van der Waals surface area contributed by atoms with Gasteiger partial charge in [-0.2, -0.15) is 0 Å². The fourth-order valence-corrected chi connectivity index (χ4v) is 4.65. The fraction of sp³-hybridized carbons (Fsp3) is 0.381. The van der Waals surface area contributed by atoms with Crippen LogP contribution in [0.2, 0.25) is 10.0 Å². The molecular weight excluding hydrogens is 381 g/mol. The third kappa shape index (κ3) is 3.47. The van der Waals surface area contributed by atoms with Gasteiger partial charge in [-0.3, -0.25) is 9.69 Å². The van der Waals surface area contributed by atoms with E-state index in [4.69, 9.17) is 23.2 Å². The molecule has 1 fully saturated rings. The number of hydrogen-bond donors (Lipinski definition) is 2. The van der Waals surface area contributed by atoms with Crippen molar-refractivity contribution >= 4 is 29.1 Å². The largest absolute Gasteiger partial charge is 0.350 e. The molecule has 142 valence electrons. The van der Waals surface area contributed by atoms with Crippen molar-refractivity contribution in [1.29, 1.82) is 0 Å². The van der Waals surface area contributed by atoms with Crippen molar-refractivity contribution in [2.45, 2.75) is 24.9 Å². The van der Waals surface area contributed by atoms with Gasteiger partial charge >= 0.3 is 0 Å². The molecule has 0 spiro atoms. The molecule has 2 N–H and O–H groups in total. The Balaban J connectivity index is 1.61. The average Bonchev–Trinajstić information content (AvgIpc) is 3.10. The van der Waals surface area contributed by atoms with Crippen molar-refractivity contribution in [2.24, 2.45) is 0 Å². The summed E-state index contributed by atoms with van der Waals surface area (Å²) in [5.74, 6) is 0.0698. The molecule has 1 atom stereocenters. The molecule has 1 aliphatic carbocycles. The number of fused-ring (bicyclic) bond motifs is 1. The number of carbonyl (C=O) groups excluding carboxylic acids is 1. The zero-order valence-electron chi connectivity index (χ0n) is 15.1. The van der Waals surface area contributed by atoms with E-state index in [2.05, 4.69) is 33.7 Å². The first-order valence-electron chi connectivity index (χ1n) is 9.37. The second-order valence-electron chi connectivity index (χ2n) is 7.19. The predicted molar refractivity (Wildman–Crippen MR) is 109 cm³/mol. The fourth-order valence-electron chi connectivity index (χ4n) is 4.32. The number of carbonyl (C=O) groups is 1. The molecule has 0 bridgehead atoms. The maximum Gasteiger partial charge on any atom is 0.245 e. The highest BCUT2D eigenvalue weighted by Gasteiger charge is 2.49. The van der Waals surface area contributed by atoms with Crippen LogP contribution >= 0.6 is 23.2 Å². The summed E-state index contributed by atoms with van der Waals surface area (Å²) in [5, 5.41) is 7.58. The Morgan fingerprint density at radius 1 is 1.11 bits per heavy atom. The smallest absolute Gasteiger partial charge is 0.245 e. The van der Waals surface area contributed by atoms with Gasteiger partial charge in [-0.05, 0) is 41.7 Å². The van der Waals surface area contributed by atoms with Crippen LogP contribution < -0.4 is 10.6 Å². The van der Waals surface area contributed by atoms with Gasteiger partial charge < -0.3 is 10.6 Å². The highest BCUT2D eigenvalue weighted by molar-refractivity contribution is 6.42. The molecule has 0 aromatic heterocycles. The molecule has 0 unspecified atom stereocenters. The molecule has 0 radical (unpaired) electrons. The van der Waals surface area contributed by atoms with Gasteiger partial charge in [0, 0.05) is 32.7 Å². The number of hydrogen-bond acceptors (Lipinski definition) is 3. The van der Waals surface area contributed by atoms with Crippen molar-refractivity contribution in [3.8, 4) is 0 Å². The number of rotatable bonds is 4. The van der Waals surface area contributed by atoms with E-state index in [9.17, 15) is 4.79 Å². The highest BCUT2D eigenvalue weighted by Crippen LogP contribution is 2.42. The van der Waals surface area contributed by atoms with Gasteiger partial charge in [0.05, 0.1) is 10.0 Å². The van der Waals surface area contributed by atoms with Crippen LogP contribution in [-0.2, 0) is 23.3 Å². The first kappa shape index (κ1) is 18.8. The summed E-state index contributed by atoms with van der Waals surface area (Å²) < 4.78 is 0. The number of halogens is 2. The Bertz CT molecular complexity index is 851. The van der Waals surface area contributed by atoms with E-state index < -0.39 is 5.54 Å². The Morgan fingerprint density at radius 2 is 1.89 bits per heavy atom. The Morgan fingerprint density at radius 3 is 2.67 bits per heavy atom. The minimum absolute atomic E-state index is 0.0698. The lowest BCUT2D eigenvalue weighted by Crippen LogP contribution is -2.60. The molecule has 1 saturated heterocycles. The Hall–Kier alpha value is -1.59. The van der Waals surface area contributed by atoms with Gasteiger partial charge in [0.15, 0.2) is 0 Å². The van der Waals surface area contributed by atoms with E-state index in [0.29, 0.717) is 16.6 Å². The first-order chi connectivity index (χ1) is 13.1. The van der Waals surface area contributed by atoms with Crippen LogP contribution in [0, 0.1) is 0 Å². The van der Waals surface area contributed by atoms with Gasteiger partial charge in [-0.15, -0.1) is 0 Å². The third-order valence-corrected chi connectivity index (χ3v) is 6.43. The van der Waals surface area contributed by atoms with Crippen LogP contribution in [0.4, 0.5) is 0 Å². The highest BCUT2D eigenvalue weighted by atomic mass is 35.5. The van der Waals surface area contributed by atoms with Gasteiger partial charge in [0.1, 0.15) is 5.54 Å². The van der Waals surface area contributed by atoms with Crippen molar-refractivity contribution in [2.75, 3.05) is 26.2 Å².